The normalized spacial score (nSPS) is 11.8. The molecule has 0 saturated heterocycles. The van der Waals surface area contributed by atoms with Crippen molar-refractivity contribution >= 4 is 29.3 Å². The van der Waals surface area contributed by atoms with Crippen LogP contribution in [0, 0.1) is 6.92 Å². The van der Waals surface area contributed by atoms with Gasteiger partial charge in [-0.05, 0) is 82.4 Å². The topological polar surface area (TPSA) is 184 Å². The lowest BCUT2D eigenvalue weighted by molar-refractivity contribution is 0.102. The Bertz CT molecular complexity index is 1300. The molecular weight excluding hydrogens is 520 g/mol. The minimum absolute atomic E-state index is 0.0947. The summed E-state index contributed by atoms with van der Waals surface area (Å²) in [5.41, 5.74) is 17.8. The van der Waals surface area contributed by atoms with Crippen molar-refractivity contribution in [1.82, 2.24) is 24.6 Å². The number of aliphatic imine (C=N–C) groups is 1. The van der Waals surface area contributed by atoms with E-state index in [1.807, 2.05) is 12.1 Å². The molecule has 39 heavy (non-hydrogen) atoms. The number of anilines is 1. The van der Waals surface area contributed by atoms with E-state index in [1.165, 1.54) is 10.8 Å². The molecule has 13 heteroatoms. The van der Waals surface area contributed by atoms with Crippen molar-refractivity contribution in [3.05, 3.63) is 69.5 Å². The minimum atomic E-state index is -0.429. The van der Waals surface area contributed by atoms with Gasteiger partial charge in [-0.25, -0.2) is 9.48 Å². The fourth-order valence-electron chi connectivity index (χ4n) is 4.14. The molecule has 0 aliphatic heterocycles. The zero-order valence-electron chi connectivity index (χ0n) is 22.1. The molecule has 210 valence electrons. The number of carbonyl (C=O) groups is 1. The molecule has 0 radical (unpaired) electrons. The molecule has 1 aromatic carbocycles. The SMILES string of the molecule is Cc1c(C(=O)Nc2ccn(CCCC(CCCN=C(N)N)NCCCN)c(=O)n2)cnn1-c1ccc(Cl)cc1. The fraction of sp³-hybridized carbons (Fsp3) is 0.423. The second-order valence-corrected chi connectivity index (χ2v) is 9.60. The van der Waals surface area contributed by atoms with Crippen LogP contribution in [0.25, 0.3) is 5.69 Å². The summed E-state index contributed by atoms with van der Waals surface area (Å²) in [5.74, 6) is -0.122. The second kappa shape index (κ2) is 15.0. The zero-order chi connectivity index (χ0) is 28.2. The van der Waals surface area contributed by atoms with Crippen molar-refractivity contribution in [2.75, 3.05) is 25.0 Å². The fourth-order valence-corrected chi connectivity index (χ4v) is 4.26. The minimum Gasteiger partial charge on any atom is -0.370 e. The molecule has 1 atom stereocenters. The first-order chi connectivity index (χ1) is 18.8. The van der Waals surface area contributed by atoms with Crippen molar-refractivity contribution in [1.29, 1.82) is 0 Å². The number of hydrogen-bond donors (Lipinski definition) is 5. The van der Waals surface area contributed by atoms with E-state index in [9.17, 15) is 9.59 Å². The molecule has 12 nitrogen and oxygen atoms in total. The van der Waals surface area contributed by atoms with Crippen LogP contribution in [0.15, 0.2) is 52.5 Å². The molecule has 8 N–H and O–H groups in total. The number of amides is 1. The van der Waals surface area contributed by atoms with Crippen molar-refractivity contribution in [3.63, 3.8) is 0 Å². The third-order valence-electron chi connectivity index (χ3n) is 6.21. The highest BCUT2D eigenvalue weighted by molar-refractivity contribution is 6.30. The van der Waals surface area contributed by atoms with Crippen LogP contribution in [0.3, 0.4) is 0 Å². The molecule has 3 rings (SSSR count). The lowest BCUT2D eigenvalue weighted by Gasteiger charge is -2.18. The number of rotatable bonds is 15. The Morgan fingerprint density at radius 2 is 1.87 bits per heavy atom. The Balaban J connectivity index is 1.55. The molecule has 1 amide bonds. The van der Waals surface area contributed by atoms with Gasteiger partial charge in [-0.3, -0.25) is 14.4 Å². The Hall–Kier alpha value is -3.74. The highest BCUT2D eigenvalue weighted by atomic mass is 35.5. The van der Waals surface area contributed by atoms with Crippen LogP contribution in [0.5, 0.6) is 0 Å². The summed E-state index contributed by atoms with van der Waals surface area (Å²) in [6.07, 6.45) is 7.43. The smallest absolute Gasteiger partial charge is 0.349 e. The van der Waals surface area contributed by atoms with Crippen LogP contribution in [0.1, 0.15) is 48.2 Å². The molecule has 1 unspecified atom stereocenters. The van der Waals surface area contributed by atoms with Crippen molar-refractivity contribution in [3.8, 4) is 5.69 Å². The molecular formula is C26H37ClN10O2. The van der Waals surface area contributed by atoms with E-state index < -0.39 is 11.6 Å². The van der Waals surface area contributed by atoms with Crippen molar-refractivity contribution < 1.29 is 4.79 Å². The standard InChI is InChI=1S/C26H37ClN10O2/c1-18-22(17-33-37(18)21-9-7-19(27)8-10-21)24(38)34-23-11-16-36(26(39)35-23)15-3-6-20(31-14-4-12-28)5-2-13-32-25(29)30/h7-11,16-17,20,31H,2-6,12-15,28H2,1H3,(H4,29,30,32)(H,34,35,38,39). The average molecular weight is 557 g/mol. The molecule has 2 aromatic heterocycles. The van der Waals surface area contributed by atoms with Gasteiger partial charge in [0.25, 0.3) is 5.91 Å². The van der Waals surface area contributed by atoms with Gasteiger partial charge in [0.15, 0.2) is 5.96 Å². The van der Waals surface area contributed by atoms with Crippen LogP contribution in [0.2, 0.25) is 5.02 Å². The number of aromatic nitrogens is 4. The third kappa shape index (κ3) is 9.20. The van der Waals surface area contributed by atoms with Crippen molar-refractivity contribution in [2.24, 2.45) is 22.2 Å². The Kier molecular flexibility index (Phi) is 11.5. The average Bonchev–Trinajstić information content (AvgIpc) is 3.29. The van der Waals surface area contributed by atoms with Crippen LogP contribution < -0.4 is 33.5 Å². The lowest BCUT2D eigenvalue weighted by atomic mass is 10.1. The largest absolute Gasteiger partial charge is 0.370 e. The first-order valence-electron chi connectivity index (χ1n) is 13.0. The maximum absolute atomic E-state index is 12.9. The number of halogens is 1. The van der Waals surface area contributed by atoms with Gasteiger partial charge >= 0.3 is 5.69 Å². The monoisotopic (exact) mass is 556 g/mol. The predicted octanol–water partition coefficient (Wildman–Crippen LogP) is 1.78. The molecule has 0 bridgehead atoms. The van der Waals surface area contributed by atoms with Gasteiger partial charge in [0.05, 0.1) is 23.1 Å². The van der Waals surface area contributed by atoms with Gasteiger partial charge in [-0.1, -0.05) is 11.6 Å². The summed E-state index contributed by atoms with van der Waals surface area (Å²) in [4.78, 5) is 33.5. The number of hydrogen-bond acceptors (Lipinski definition) is 7. The Labute approximate surface area is 232 Å². The summed E-state index contributed by atoms with van der Waals surface area (Å²) >= 11 is 5.96. The van der Waals surface area contributed by atoms with E-state index >= 15 is 0 Å². The highest BCUT2D eigenvalue weighted by Crippen LogP contribution is 2.17. The third-order valence-corrected chi connectivity index (χ3v) is 6.46. The number of aryl methyl sites for hydroxylation is 1. The molecule has 0 aliphatic carbocycles. The number of nitrogens with one attached hydrogen (secondary N) is 2. The number of carbonyl (C=O) groups excluding carboxylic acids is 1. The summed E-state index contributed by atoms with van der Waals surface area (Å²) < 4.78 is 3.19. The summed E-state index contributed by atoms with van der Waals surface area (Å²) in [6.45, 7) is 4.34. The van der Waals surface area contributed by atoms with Gasteiger partial charge < -0.3 is 27.8 Å². The van der Waals surface area contributed by atoms with Gasteiger partial charge in [0, 0.05) is 30.4 Å². The number of nitrogens with two attached hydrogens (primary N) is 3. The van der Waals surface area contributed by atoms with Crippen LogP contribution in [-0.4, -0.2) is 56.9 Å². The molecule has 3 aromatic rings. The van der Waals surface area contributed by atoms with E-state index in [4.69, 9.17) is 28.8 Å². The van der Waals surface area contributed by atoms with Crippen LogP contribution in [-0.2, 0) is 6.54 Å². The van der Waals surface area contributed by atoms with Gasteiger partial charge in [0.2, 0.25) is 0 Å². The summed E-state index contributed by atoms with van der Waals surface area (Å²) in [6, 6.07) is 9.02. The Morgan fingerprint density at radius 3 is 2.56 bits per heavy atom. The number of nitrogens with zero attached hydrogens (tertiary/aromatic N) is 5. The lowest BCUT2D eigenvalue weighted by Crippen LogP contribution is -2.32. The van der Waals surface area contributed by atoms with E-state index in [2.05, 4.69) is 25.7 Å². The van der Waals surface area contributed by atoms with E-state index in [0.717, 1.165) is 44.3 Å². The quantitative estimate of drug-likeness (QED) is 0.106. The van der Waals surface area contributed by atoms with Crippen LogP contribution >= 0.6 is 11.6 Å². The molecule has 2 heterocycles. The number of benzene rings is 1. The van der Waals surface area contributed by atoms with E-state index in [0.29, 0.717) is 35.9 Å². The molecule has 0 aliphatic rings. The Morgan fingerprint density at radius 1 is 1.13 bits per heavy atom. The second-order valence-electron chi connectivity index (χ2n) is 9.16. The molecule has 0 spiro atoms. The zero-order valence-corrected chi connectivity index (χ0v) is 22.9. The molecule has 0 saturated carbocycles. The maximum Gasteiger partial charge on any atom is 0.349 e. The van der Waals surface area contributed by atoms with Crippen molar-refractivity contribution in [2.45, 2.75) is 51.6 Å². The highest BCUT2D eigenvalue weighted by Gasteiger charge is 2.16. The summed E-state index contributed by atoms with van der Waals surface area (Å²) in [7, 11) is 0. The predicted molar refractivity (Wildman–Crippen MR) is 154 cm³/mol. The van der Waals surface area contributed by atoms with Gasteiger partial charge in [0.1, 0.15) is 5.82 Å². The summed E-state index contributed by atoms with van der Waals surface area (Å²) in [5, 5.41) is 11.1. The maximum atomic E-state index is 12.9. The van der Waals surface area contributed by atoms with Crippen LogP contribution in [0.4, 0.5) is 5.82 Å². The van der Waals surface area contributed by atoms with E-state index in [1.54, 1.807) is 36.0 Å². The van der Waals surface area contributed by atoms with E-state index in [-0.39, 0.29) is 17.8 Å². The van der Waals surface area contributed by atoms with Gasteiger partial charge in [-0.15, -0.1) is 0 Å². The molecule has 0 fully saturated rings. The van der Waals surface area contributed by atoms with Gasteiger partial charge in [-0.2, -0.15) is 10.1 Å². The number of guanidine groups is 1. The first-order valence-corrected chi connectivity index (χ1v) is 13.3. The first kappa shape index (κ1) is 29.8.